The Morgan fingerprint density at radius 3 is 2.63 bits per heavy atom. The van der Waals surface area contributed by atoms with Gasteiger partial charge in [0, 0.05) is 23.9 Å². The third kappa shape index (κ3) is 3.47. The number of esters is 2. The summed E-state index contributed by atoms with van der Waals surface area (Å²) in [5.74, 6) is -2.18. The van der Waals surface area contributed by atoms with Gasteiger partial charge in [-0.15, -0.1) is 0 Å². The molecule has 1 aromatic heterocycles. The molecule has 35 heavy (non-hydrogen) atoms. The molecule has 0 aliphatic carbocycles. The topological polar surface area (TPSA) is 104 Å². The highest BCUT2D eigenvalue weighted by molar-refractivity contribution is 6.13. The molecule has 3 aliphatic heterocycles. The van der Waals surface area contributed by atoms with Gasteiger partial charge in [0.25, 0.3) is 0 Å². The van der Waals surface area contributed by atoms with E-state index in [-0.39, 0.29) is 18.7 Å². The maximum absolute atomic E-state index is 13.9. The first kappa shape index (κ1) is 23.5. The van der Waals surface area contributed by atoms with Crippen molar-refractivity contribution in [3.05, 3.63) is 35.5 Å². The molecule has 0 saturated carbocycles. The summed E-state index contributed by atoms with van der Waals surface area (Å²) in [6, 6.07) is 6.81. The first-order valence-corrected chi connectivity index (χ1v) is 12.1. The second-order valence-electron chi connectivity index (χ2n) is 10.4. The number of benzene rings is 1. The largest absolute Gasteiger partial charge is 0.465 e. The molecule has 9 heteroatoms. The van der Waals surface area contributed by atoms with E-state index in [1.807, 2.05) is 12.1 Å². The number of fused-ring (bicyclic) bond motifs is 1. The third-order valence-corrected chi connectivity index (χ3v) is 7.15. The van der Waals surface area contributed by atoms with Gasteiger partial charge in [-0.3, -0.25) is 19.3 Å². The predicted octanol–water partition coefficient (Wildman–Crippen LogP) is 3.12. The van der Waals surface area contributed by atoms with E-state index in [1.54, 1.807) is 39.8 Å². The van der Waals surface area contributed by atoms with Crippen molar-refractivity contribution in [2.75, 3.05) is 26.3 Å². The van der Waals surface area contributed by atoms with Crippen molar-refractivity contribution < 1.29 is 33.4 Å². The number of carbonyl (C=O) groups is 4. The first-order chi connectivity index (χ1) is 16.6. The normalized spacial score (nSPS) is 26.4. The van der Waals surface area contributed by atoms with Crippen molar-refractivity contribution in [3.8, 4) is 0 Å². The summed E-state index contributed by atoms with van der Waals surface area (Å²) in [5, 5.41) is 0.702. The lowest BCUT2D eigenvalue weighted by Crippen LogP contribution is -2.55. The third-order valence-electron chi connectivity index (χ3n) is 7.15. The van der Waals surface area contributed by atoms with Crippen LogP contribution in [0.15, 0.2) is 24.3 Å². The second kappa shape index (κ2) is 8.19. The molecule has 1 saturated heterocycles. The Hall–Kier alpha value is -3.20. The van der Waals surface area contributed by atoms with Gasteiger partial charge in [-0.25, -0.2) is 9.36 Å². The van der Waals surface area contributed by atoms with Crippen LogP contribution >= 0.6 is 0 Å². The monoisotopic (exact) mass is 482 g/mol. The summed E-state index contributed by atoms with van der Waals surface area (Å²) in [4.78, 5) is 56.6. The van der Waals surface area contributed by atoms with Crippen LogP contribution in [0.5, 0.6) is 0 Å². The van der Waals surface area contributed by atoms with Gasteiger partial charge in [0.05, 0.1) is 29.8 Å². The van der Waals surface area contributed by atoms with E-state index >= 15 is 0 Å². The molecule has 0 amide bonds. The molecule has 186 valence electrons. The lowest BCUT2D eigenvalue weighted by Gasteiger charge is -2.40. The van der Waals surface area contributed by atoms with Crippen molar-refractivity contribution in [2.45, 2.75) is 57.6 Å². The standard InChI is InChI=1S/C26H30N2O7/c1-5-33-23(31)26-14-34-22(30)16-10-12-27(13-11-18(26)29)20(16)19-15-8-6-7-9-17(15)28(21(19)26)24(32)35-25(2,3)4/h6-9,16,20H,5,10-14H2,1-4H3/t16?,20?,26-/m0/s1. The van der Waals surface area contributed by atoms with Gasteiger partial charge in [-0.05, 0) is 46.7 Å². The number of aromatic nitrogens is 1. The van der Waals surface area contributed by atoms with Crippen LogP contribution < -0.4 is 0 Å². The lowest BCUT2D eigenvalue weighted by atomic mass is 9.73. The maximum atomic E-state index is 13.9. The van der Waals surface area contributed by atoms with Crippen LogP contribution in [0, 0.1) is 5.92 Å². The Balaban J connectivity index is 1.93. The predicted molar refractivity (Wildman–Crippen MR) is 125 cm³/mol. The number of carbonyl (C=O) groups excluding carboxylic acids is 4. The Bertz CT molecular complexity index is 1240. The number of ketones is 1. The van der Waals surface area contributed by atoms with Gasteiger partial charge >= 0.3 is 18.0 Å². The number of hydrogen-bond acceptors (Lipinski definition) is 8. The van der Waals surface area contributed by atoms with Gasteiger partial charge in [-0.2, -0.15) is 0 Å². The number of para-hydroxylation sites is 1. The second-order valence-corrected chi connectivity index (χ2v) is 10.4. The average Bonchev–Trinajstić information content (AvgIpc) is 3.33. The van der Waals surface area contributed by atoms with Crippen molar-refractivity contribution >= 4 is 34.7 Å². The van der Waals surface area contributed by atoms with Crippen molar-refractivity contribution in [1.82, 2.24) is 9.47 Å². The Morgan fingerprint density at radius 2 is 1.91 bits per heavy atom. The molecular formula is C26H30N2O7. The van der Waals surface area contributed by atoms with E-state index in [2.05, 4.69) is 4.90 Å². The molecule has 5 rings (SSSR count). The molecule has 4 heterocycles. The van der Waals surface area contributed by atoms with Gasteiger partial charge < -0.3 is 14.2 Å². The molecule has 2 bridgehead atoms. The minimum atomic E-state index is -1.98. The van der Waals surface area contributed by atoms with E-state index < -0.39 is 53.4 Å². The number of nitrogens with zero attached hydrogens (tertiary/aromatic N) is 2. The maximum Gasteiger partial charge on any atom is 0.419 e. The van der Waals surface area contributed by atoms with Gasteiger partial charge in [-0.1, -0.05) is 18.2 Å². The van der Waals surface area contributed by atoms with Crippen LogP contribution in [0.3, 0.4) is 0 Å². The molecule has 2 aromatic rings. The summed E-state index contributed by atoms with van der Waals surface area (Å²) in [6.45, 7) is 7.43. The molecule has 9 nitrogen and oxygen atoms in total. The van der Waals surface area contributed by atoms with Crippen LogP contribution in [0.25, 0.3) is 10.9 Å². The highest BCUT2D eigenvalue weighted by atomic mass is 16.6. The number of ether oxygens (including phenoxy) is 3. The minimum Gasteiger partial charge on any atom is -0.465 e. The highest BCUT2D eigenvalue weighted by Gasteiger charge is 2.60. The van der Waals surface area contributed by atoms with Gasteiger partial charge in [0.15, 0.2) is 5.78 Å². The van der Waals surface area contributed by atoms with Crippen LogP contribution in [-0.4, -0.2) is 65.2 Å². The van der Waals surface area contributed by atoms with Gasteiger partial charge in [0.2, 0.25) is 5.41 Å². The number of rotatable bonds is 2. The highest BCUT2D eigenvalue weighted by Crippen LogP contribution is 2.50. The Kier molecular flexibility index (Phi) is 5.51. The van der Waals surface area contributed by atoms with E-state index in [0.29, 0.717) is 36.0 Å². The van der Waals surface area contributed by atoms with Crippen molar-refractivity contribution in [1.29, 1.82) is 0 Å². The molecule has 0 spiro atoms. The summed E-state index contributed by atoms with van der Waals surface area (Å²) in [5.41, 5.74) is -1.46. The van der Waals surface area contributed by atoms with Crippen LogP contribution in [0.1, 0.15) is 57.8 Å². The van der Waals surface area contributed by atoms with Crippen LogP contribution in [0.2, 0.25) is 0 Å². The van der Waals surface area contributed by atoms with E-state index in [4.69, 9.17) is 14.2 Å². The molecule has 0 N–H and O–H groups in total. The van der Waals surface area contributed by atoms with E-state index in [9.17, 15) is 19.2 Å². The number of hydrogen-bond donors (Lipinski definition) is 0. The molecule has 3 atom stereocenters. The fourth-order valence-corrected chi connectivity index (χ4v) is 5.77. The quantitative estimate of drug-likeness (QED) is 0.365. The Morgan fingerprint density at radius 1 is 1.17 bits per heavy atom. The fourth-order valence-electron chi connectivity index (χ4n) is 5.77. The van der Waals surface area contributed by atoms with E-state index in [1.165, 1.54) is 4.57 Å². The molecule has 0 radical (unpaired) electrons. The molecule has 2 unspecified atom stereocenters. The zero-order valence-electron chi connectivity index (χ0n) is 20.5. The summed E-state index contributed by atoms with van der Waals surface area (Å²) < 4.78 is 18.2. The van der Waals surface area contributed by atoms with Crippen molar-refractivity contribution in [2.24, 2.45) is 5.92 Å². The number of cyclic esters (lactones) is 1. The van der Waals surface area contributed by atoms with Crippen molar-refractivity contribution in [3.63, 3.8) is 0 Å². The summed E-state index contributed by atoms with van der Waals surface area (Å²) in [7, 11) is 0. The summed E-state index contributed by atoms with van der Waals surface area (Å²) >= 11 is 0. The molecule has 1 aromatic carbocycles. The number of Topliss-reactive ketones (excluding diaryl/α,β-unsaturated/α-hetero) is 1. The lowest BCUT2D eigenvalue weighted by molar-refractivity contribution is -0.164. The average molecular weight is 483 g/mol. The smallest absolute Gasteiger partial charge is 0.419 e. The fraction of sp³-hybridized carbons (Fsp3) is 0.538. The SMILES string of the molecule is CCOC(=O)[C@@]12COC(=O)C3CCN(CCC1=O)C3c1c2n(C(=O)OC(C)(C)C)c2ccccc12. The van der Waals surface area contributed by atoms with Gasteiger partial charge in [0.1, 0.15) is 12.2 Å². The minimum absolute atomic E-state index is 0.0297. The first-order valence-electron chi connectivity index (χ1n) is 12.1. The zero-order chi connectivity index (χ0) is 25.1. The van der Waals surface area contributed by atoms with E-state index in [0.717, 1.165) is 0 Å². The van der Waals surface area contributed by atoms with Crippen LogP contribution in [-0.2, 0) is 34.0 Å². The Labute approximate surface area is 203 Å². The molecule has 1 fully saturated rings. The zero-order valence-corrected chi connectivity index (χ0v) is 20.5. The summed E-state index contributed by atoms with van der Waals surface area (Å²) in [6.07, 6.45) is -0.0744. The molecule has 3 aliphatic rings. The van der Waals surface area contributed by atoms with Crippen LogP contribution in [0.4, 0.5) is 4.79 Å². The molecular weight excluding hydrogens is 452 g/mol.